The summed E-state index contributed by atoms with van der Waals surface area (Å²) in [4.78, 5) is 26.7. The third kappa shape index (κ3) is 8.30. The van der Waals surface area contributed by atoms with Crippen molar-refractivity contribution in [3.05, 3.63) is 71.8 Å². The zero-order valence-electron chi connectivity index (χ0n) is 19.9. The van der Waals surface area contributed by atoms with Crippen LogP contribution in [0.1, 0.15) is 56.0 Å². The summed E-state index contributed by atoms with van der Waals surface area (Å²) in [5, 5.41) is 0. The van der Waals surface area contributed by atoms with Gasteiger partial charge in [-0.05, 0) is 51.3 Å². The molecule has 1 aliphatic heterocycles. The van der Waals surface area contributed by atoms with E-state index in [1.807, 2.05) is 57.2 Å². The van der Waals surface area contributed by atoms with Gasteiger partial charge in [0.25, 0.3) is 0 Å². The van der Waals surface area contributed by atoms with E-state index in [1.54, 1.807) is 12.1 Å². The number of carbonyl (C=O) groups excluding carboxylic acids is 2. The molecule has 0 amide bonds. The second kappa shape index (κ2) is 12.0. The number of rotatable bonds is 10. The Kier molecular flexibility index (Phi) is 9.03. The Morgan fingerprint density at radius 3 is 2.15 bits per heavy atom. The van der Waals surface area contributed by atoms with E-state index in [0.29, 0.717) is 25.4 Å². The second-order valence-electron chi connectivity index (χ2n) is 9.42. The summed E-state index contributed by atoms with van der Waals surface area (Å²) < 4.78 is 16.9. The number of benzene rings is 2. The van der Waals surface area contributed by atoms with Gasteiger partial charge in [-0.2, -0.15) is 0 Å². The van der Waals surface area contributed by atoms with Crippen molar-refractivity contribution in [1.82, 2.24) is 4.90 Å². The molecule has 2 aromatic rings. The van der Waals surface area contributed by atoms with Crippen LogP contribution in [0.3, 0.4) is 0 Å². The number of ether oxygens (including phenoxy) is 3. The Labute approximate surface area is 196 Å². The summed E-state index contributed by atoms with van der Waals surface area (Å²) >= 11 is 0. The molecule has 3 rings (SSSR count). The van der Waals surface area contributed by atoms with Gasteiger partial charge in [0, 0.05) is 18.6 Å². The van der Waals surface area contributed by atoms with Crippen molar-refractivity contribution in [1.29, 1.82) is 0 Å². The molecule has 6 heteroatoms. The molecule has 0 unspecified atom stereocenters. The molecule has 0 bridgehead atoms. The lowest BCUT2D eigenvalue weighted by molar-refractivity contribution is -0.156. The number of hydrogen-bond donors (Lipinski definition) is 0. The van der Waals surface area contributed by atoms with Crippen LogP contribution >= 0.6 is 0 Å². The SMILES string of the molecule is CC(C)(C)OC(=O)CCOC[C@@H]1CC[C@@H](COC(=O)c2ccccc2)N1Cc1ccccc1. The topological polar surface area (TPSA) is 65.1 Å². The van der Waals surface area contributed by atoms with E-state index in [-0.39, 0.29) is 30.4 Å². The van der Waals surface area contributed by atoms with E-state index < -0.39 is 5.60 Å². The van der Waals surface area contributed by atoms with Gasteiger partial charge in [-0.25, -0.2) is 4.79 Å². The third-order valence-electron chi connectivity index (χ3n) is 5.58. The fourth-order valence-electron chi connectivity index (χ4n) is 4.02. The number of nitrogens with zero attached hydrogens (tertiary/aromatic N) is 1. The Balaban J connectivity index is 1.54. The molecule has 0 N–H and O–H groups in total. The van der Waals surface area contributed by atoms with Gasteiger partial charge < -0.3 is 14.2 Å². The van der Waals surface area contributed by atoms with Gasteiger partial charge in [-0.1, -0.05) is 48.5 Å². The third-order valence-corrected chi connectivity index (χ3v) is 5.58. The number of esters is 2. The normalized spacial score (nSPS) is 18.8. The Hall–Kier alpha value is -2.70. The maximum atomic E-state index is 12.4. The summed E-state index contributed by atoms with van der Waals surface area (Å²) in [6.45, 7) is 7.53. The van der Waals surface area contributed by atoms with Gasteiger partial charge in [-0.3, -0.25) is 9.69 Å². The summed E-state index contributed by atoms with van der Waals surface area (Å²) in [5.74, 6) is -0.548. The summed E-state index contributed by atoms with van der Waals surface area (Å²) in [7, 11) is 0. The molecule has 2 atom stereocenters. The minimum atomic E-state index is -0.487. The van der Waals surface area contributed by atoms with Crippen LogP contribution in [0, 0.1) is 0 Å². The smallest absolute Gasteiger partial charge is 0.338 e. The van der Waals surface area contributed by atoms with Crippen LogP contribution < -0.4 is 0 Å². The van der Waals surface area contributed by atoms with Gasteiger partial charge in [0.15, 0.2) is 0 Å². The standard InChI is InChI=1S/C27H35NO5/c1-27(2,3)33-25(29)16-17-31-19-23-14-15-24(28(23)18-21-10-6-4-7-11-21)20-32-26(30)22-12-8-5-9-13-22/h4-13,23-24H,14-20H2,1-3H3/t23-,24-/m0/s1. The molecule has 1 saturated heterocycles. The number of likely N-dealkylation sites (tertiary alicyclic amines) is 1. The van der Waals surface area contributed by atoms with Crippen molar-refractivity contribution in [3.63, 3.8) is 0 Å². The molecule has 178 valence electrons. The molecule has 1 heterocycles. The van der Waals surface area contributed by atoms with E-state index in [1.165, 1.54) is 5.56 Å². The first-order chi connectivity index (χ1) is 15.8. The van der Waals surface area contributed by atoms with Gasteiger partial charge in [-0.15, -0.1) is 0 Å². The zero-order chi connectivity index (χ0) is 23.7. The molecular weight excluding hydrogens is 418 g/mol. The monoisotopic (exact) mass is 453 g/mol. The second-order valence-corrected chi connectivity index (χ2v) is 9.42. The van der Waals surface area contributed by atoms with Crippen LogP contribution in [-0.4, -0.2) is 54.3 Å². The maximum absolute atomic E-state index is 12.4. The quantitative estimate of drug-likeness (QED) is 0.386. The van der Waals surface area contributed by atoms with E-state index in [4.69, 9.17) is 14.2 Å². The molecule has 6 nitrogen and oxygen atoms in total. The van der Waals surface area contributed by atoms with Crippen molar-refractivity contribution >= 4 is 11.9 Å². The van der Waals surface area contributed by atoms with E-state index in [2.05, 4.69) is 17.0 Å². The molecule has 0 radical (unpaired) electrons. The van der Waals surface area contributed by atoms with Crippen molar-refractivity contribution in [2.75, 3.05) is 19.8 Å². The molecule has 0 aromatic heterocycles. The number of hydrogen-bond acceptors (Lipinski definition) is 6. The molecular formula is C27H35NO5. The maximum Gasteiger partial charge on any atom is 0.338 e. The van der Waals surface area contributed by atoms with Gasteiger partial charge in [0.1, 0.15) is 12.2 Å². The Morgan fingerprint density at radius 2 is 1.52 bits per heavy atom. The van der Waals surface area contributed by atoms with Crippen LogP contribution in [-0.2, 0) is 25.5 Å². The Morgan fingerprint density at radius 1 is 0.909 bits per heavy atom. The molecule has 0 saturated carbocycles. The van der Waals surface area contributed by atoms with Crippen molar-refractivity contribution in [2.24, 2.45) is 0 Å². The average molecular weight is 454 g/mol. The lowest BCUT2D eigenvalue weighted by Crippen LogP contribution is -2.40. The van der Waals surface area contributed by atoms with Crippen LogP contribution in [0.2, 0.25) is 0 Å². The van der Waals surface area contributed by atoms with Crippen LogP contribution in [0.4, 0.5) is 0 Å². The highest BCUT2D eigenvalue weighted by Crippen LogP contribution is 2.27. The molecule has 1 aliphatic rings. The van der Waals surface area contributed by atoms with Gasteiger partial charge >= 0.3 is 11.9 Å². The fourth-order valence-corrected chi connectivity index (χ4v) is 4.02. The highest BCUT2D eigenvalue weighted by Gasteiger charge is 2.34. The lowest BCUT2D eigenvalue weighted by Gasteiger charge is -2.30. The van der Waals surface area contributed by atoms with E-state index in [0.717, 1.165) is 19.4 Å². The first-order valence-corrected chi connectivity index (χ1v) is 11.6. The Bertz CT molecular complexity index is 878. The molecule has 0 aliphatic carbocycles. The van der Waals surface area contributed by atoms with Crippen LogP contribution in [0.15, 0.2) is 60.7 Å². The highest BCUT2D eigenvalue weighted by molar-refractivity contribution is 5.89. The molecule has 33 heavy (non-hydrogen) atoms. The van der Waals surface area contributed by atoms with Gasteiger partial charge in [0.2, 0.25) is 0 Å². The lowest BCUT2D eigenvalue weighted by atomic mass is 10.2. The fraction of sp³-hybridized carbons (Fsp3) is 0.481. The molecule has 2 aromatic carbocycles. The number of carbonyl (C=O) groups is 2. The van der Waals surface area contributed by atoms with E-state index >= 15 is 0 Å². The van der Waals surface area contributed by atoms with Crippen molar-refractivity contribution < 1.29 is 23.8 Å². The zero-order valence-corrected chi connectivity index (χ0v) is 19.9. The first-order valence-electron chi connectivity index (χ1n) is 11.6. The van der Waals surface area contributed by atoms with Crippen molar-refractivity contribution in [2.45, 2.75) is 64.3 Å². The summed E-state index contributed by atoms with van der Waals surface area (Å²) in [6.07, 6.45) is 2.11. The average Bonchev–Trinajstić information content (AvgIpc) is 3.16. The molecule has 0 spiro atoms. The van der Waals surface area contributed by atoms with Crippen molar-refractivity contribution in [3.8, 4) is 0 Å². The predicted octanol–water partition coefficient (Wildman–Crippen LogP) is 4.63. The minimum Gasteiger partial charge on any atom is -0.460 e. The first kappa shape index (κ1) is 24.9. The highest BCUT2D eigenvalue weighted by atomic mass is 16.6. The largest absolute Gasteiger partial charge is 0.460 e. The van der Waals surface area contributed by atoms with Crippen LogP contribution in [0.25, 0.3) is 0 Å². The summed E-state index contributed by atoms with van der Waals surface area (Å²) in [5.41, 5.74) is 1.28. The van der Waals surface area contributed by atoms with Gasteiger partial charge in [0.05, 0.1) is 25.2 Å². The van der Waals surface area contributed by atoms with E-state index in [9.17, 15) is 9.59 Å². The van der Waals surface area contributed by atoms with Crippen LogP contribution in [0.5, 0.6) is 0 Å². The summed E-state index contributed by atoms with van der Waals surface area (Å²) in [6, 6.07) is 19.7. The molecule has 1 fully saturated rings. The predicted molar refractivity (Wildman–Crippen MR) is 127 cm³/mol. The minimum absolute atomic E-state index is 0.123.